The number of H-pyrrole nitrogens is 1. The van der Waals surface area contributed by atoms with Crippen LogP contribution in [0.15, 0.2) is 30.5 Å². The number of fused-ring (bicyclic) bond motifs is 1. The average Bonchev–Trinajstić information content (AvgIpc) is 2.89. The van der Waals surface area contributed by atoms with Crippen molar-refractivity contribution < 1.29 is 0 Å². The summed E-state index contributed by atoms with van der Waals surface area (Å²) in [5.74, 6) is 0.722. The van der Waals surface area contributed by atoms with Crippen molar-refractivity contribution in [3.05, 3.63) is 36.0 Å². The van der Waals surface area contributed by atoms with E-state index in [2.05, 4.69) is 47.7 Å². The van der Waals surface area contributed by atoms with Gasteiger partial charge in [-0.1, -0.05) is 31.5 Å². The Morgan fingerprint density at radius 1 is 1.26 bits per heavy atom. The van der Waals surface area contributed by atoms with E-state index in [1.165, 1.54) is 48.6 Å². The number of aromatic nitrogens is 1. The van der Waals surface area contributed by atoms with Crippen LogP contribution < -0.4 is 5.32 Å². The highest BCUT2D eigenvalue weighted by Crippen LogP contribution is 2.36. The zero-order valence-corrected chi connectivity index (χ0v) is 11.8. The van der Waals surface area contributed by atoms with Crippen LogP contribution in [-0.4, -0.2) is 17.6 Å². The Hall–Kier alpha value is -1.28. The van der Waals surface area contributed by atoms with Gasteiger partial charge < -0.3 is 10.3 Å². The Kier molecular flexibility index (Phi) is 3.88. The lowest BCUT2D eigenvalue weighted by Crippen LogP contribution is -2.33. The maximum absolute atomic E-state index is 3.70. The first kappa shape index (κ1) is 12.7. The van der Waals surface area contributed by atoms with Gasteiger partial charge in [-0.15, -0.1) is 0 Å². The molecule has 102 valence electrons. The summed E-state index contributed by atoms with van der Waals surface area (Å²) in [4.78, 5) is 3.42. The van der Waals surface area contributed by atoms with Crippen molar-refractivity contribution in [2.75, 3.05) is 6.54 Å². The smallest absolute Gasteiger partial charge is 0.0456 e. The van der Waals surface area contributed by atoms with Crippen LogP contribution in [0.2, 0.25) is 0 Å². The monoisotopic (exact) mass is 256 g/mol. The van der Waals surface area contributed by atoms with Crippen molar-refractivity contribution in [1.29, 1.82) is 0 Å². The van der Waals surface area contributed by atoms with E-state index in [9.17, 15) is 0 Å². The van der Waals surface area contributed by atoms with E-state index >= 15 is 0 Å². The summed E-state index contributed by atoms with van der Waals surface area (Å²) < 4.78 is 0. The van der Waals surface area contributed by atoms with Gasteiger partial charge in [0.1, 0.15) is 0 Å². The van der Waals surface area contributed by atoms with Gasteiger partial charge >= 0.3 is 0 Å². The molecule has 19 heavy (non-hydrogen) atoms. The topological polar surface area (TPSA) is 27.8 Å². The number of nitrogens with one attached hydrogen (secondary N) is 2. The molecule has 3 rings (SSSR count). The largest absolute Gasteiger partial charge is 0.361 e. The molecular weight excluding hydrogens is 232 g/mol. The van der Waals surface area contributed by atoms with Gasteiger partial charge in [-0.05, 0) is 49.8 Å². The predicted molar refractivity (Wildman–Crippen MR) is 81.6 cm³/mol. The third-order valence-electron chi connectivity index (χ3n) is 4.42. The van der Waals surface area contributed by atoms with Crippen LogP contribution in [0.25, 0.3) is 10.9 Å². The molecule has 1 fully saturated rings. The predicted octanol–water partition coefficient (Wildman–Crippen LogP) is 4.19. The summed E-state index contributed by atoms with van der Waals surface area (Å²) in [6.07, 6.45) is 8.80. The fourth-order valence-corrected chi connectivity index (χ4v) is 3.44. The molecule has 0 aliphatic heterocycles. The van der Waals surface area contributed by atoms with Crippen molar-refractivity contribution in [3.63, 3.8) is 0 Å². The molecule has 0 saturated heterocycles. The maximum atomic E-state index is 3.70. The molecule has 1 heterocycles. The van der Waals surface area contributed by atoms with Gasteiger partial charge in [0.05, 0.1) is 0 Å². The van der Waals surface area contributed by atoms with Crippen molar-refractivity contribution in [3.8, 4) is 0 Å². The third kappa shape index (κ3) is 2.69. The minimum absolute atomic E-state index is 0.715. The molecule has 1 aliphatic carbocycles. The molecule has 2 unspecified atom stereocenters. The fourth-order valence-electron chi connectivity index (χ4n) is 3.44. The quantitative estimate of drug-likeness (QED) is 0.843. The zero-order valence-electron chi connectivity index (χ0n) is 11.8. The minimum atomic E-state index is 0.715. The normalized spacial score (nSPS) is 23.8. The van der Waals surface area contributed by atoms with E-state index in [1.54, 1.807) is 0 Å². The van der Waals surface area contributed by atoms with Crippen LogP contribution in [0.5, 0.6) is 0 Å². The average molecular weight is 256 g/mol. The van der Waals surface area contributed by atoms with Gasteiger partial charge in [-0.3, -0.25) is 0 Å². The number of rotatable bonds is 4. The summed E-state index contributed by atoms with van der Waals surface area (Å²) in [5, 5.41) is 5.12. The number of aromatic amines is 1. The van der Waals surface area contributed by atoms with Gasteiger partial charge in [0.15, 0.2) is 0 Å². The molecule has 0 spiro atoms. The van der Waals surface area contributed by atoms with E-state index in [1.807, 2.05) is 0 Å². The molecule has 0 radical (unpaired) electrons. The number of benzene rings is 1. The Morgan fingerprint density at radius 3 is 3.05 bits per heavy atom. The first-order chi connectivity index (χ1) is 9.38. The molecule has 2 nitrogen and oxygen atoms in total. The highest BCUT2D eigenvalue weighted by molar-refractivity contribution is 5.83. The highest BCUT2D eigenvalue weighted by atomic mass is 14.9. The first-order valence-electron chi connectivity index (χ1n) is 7.68. The molecule has 1 aromatic carbocycles. The Labute approximate surface area is 115 Å². The number of para-hydroxylation sites is 1. The number of hydrogen-bond acceptors (Lipinski definition) is 1. The van der Waals surface area contributed by atoms with Gasteiger partial charge in [0, 0.05) is 23.1 Å². The van der Waals surface area contributed by atoms with Crippen LogP contribution in [0.3, 0.4) is 0 Å². The standard InChI is InChI=1S/C17H24N2/c1-2-10-18-14-7-5-6-13(11-14)16-12-19-17-9-4-3-8-15(16)17/h3-4,8-9,12-14,18-19H,2,5-7,10-11H2,1H3. The van der Waals surface area contributed by atoms with Crippen molar-refractivity contribution in [1.82, 2.24) is 10.3 Å². The molecule has 2 heteroatoms. The van der Waals surface area contributed by atoms with E-state index < -0.39 is 0 Å². The van der Waals surface area contributed by atoms with Crippen molar-refractivity contribution in [2.45, 2.75) is 51.0 Å². The molecule has 2 N–H and O–H groups in total. The molecule has 1 saturated carbocycles. The Balaban J connectivity index is 1.77. The lowest BCUT2D eigenvalue weighted by atomic mass is 9.81. The zero-order chi connectivity index (χ0) is 13.1. The highest BCUT2D eigenvalue weighted by Gasteiger charge is 2.24. The van der Waals surface area contributed by atoms with Crippen LogP contribution in [-0.2, 0) is 0 Å². The third-order valence-corrected chi connectivity index (χ3v) is 4.42. The van der Waals surface area contributed by atoms with Crippen LogP contribution in [0, 0.1) is 0 Å². The van der Waals surface area contributed by atoms with E-state index in [-0.39, 0.29) is 0 Å². The molecule has 0 amide bonds. The first-order valence-corrected chi connectivity index (χ1v) is 7.68. The Morgan fingerprint density at radius 2 is 2.16 bits per heavy atom. The van der Waals surface area contributed by atoms with Crippen LogP contribution in [0.1, 0.15) is 50.5 Å². The van der Waals surface area contributed by atoms with Crippen LogP contribution in [0.4, 0.5) is 0 Å². The summed E-state index contributed by atoms with van der Waals surface area (Å²) in [6.45, 7) is 3.40. The molecular formula is C17H24N2. The maximum Gasteiger partial charge on any atom is 0.0456 e. The minimum Gasteiger partial charge on any atom is -0.361 e. The van der Waals surface area contributed by atoms with Gasteiger partial charge in [-0.2, -0.15) is 0 Å². The van der Waals surface area contributed by atoms with Crippen molar-refractivity contribution in [2.24, 2.45) is 0 Å². The van der Waals surface area contributed by atoms with Gasteiger partial charge in [0.25, 0.3) is 0 Å². The van der Waals surface area contributed by atoms with E-state index in [0.717, 1.165) is 12.5 Å². The second kappa shape index (κ2) is 5.79. The lowest BCUT2D eigenvalue weighted by Gasteiger charge is -2.29. The SMILES string of the molecule is CCCNC1CCCC(c2c[nH]c3ccccc23)C1. The second-order valence-corrected chi connectivity index (χ2v) is 5.80. The summed E-state index contributed by atoms with van der Waals surface area (Å²) in [5.41, 5.74) is 2.81. The van der Waals surface area contributed by atoms with Crippen molar-refractivity contribution >= 4 is 10.9 Å². The van der Waals surface area contributed by atoms with E-state index in [0.29, 0.717) is 6.04 Å². The Bertz CT molecular complexity index is 529. The van der Waals surface area contributed by atoms with Crippen LogP contribution >= 0.6 is 0 Å². The van der Waals surface area contributed by atoms with Gasteiger partial charge in [0.2, 0.25) is 0 Å². The summed E-state index contributed by atoms with van der Waals surface area (Å²) >= 11 is 0. The molecule has 0 bridgehead atoms. The molecule has 2 atom stereocenters. The van der Waals surface area contributed by atoms with E-state index in [4.69, 9.17) is 0 Å². The summed E-state index contributed by atoms with van der Waals surface area (Å²) in [6, 6.07) is 9.40. The number of hydrogen-bond donors (Lipinski definition) is 2. The second-order valence-electron chi connectivity index (χ2n) is 5.80. The molecule has 1 aromatic heterocycles. The van der Waals surface area contributed by atoms with Gasteiger partial charge in [-0.25, -0.2) is 0 Å². The fraction of sp³-hybridized carbons (Fsp3) is 0.529. The molecule has 1 aliphatic rings. The summed E-state index contributed by atoms with van der Waals surface area (Å²) in [7, 11) is 0. The molecule has 2 aromatic rings. The lowest BCUT2D eigenvalue weighted by molar-refractivity contribution is 0.341.